The fourth-order valence-corrected chi connectivity index (χ4v) is 2.41. The van der Waals surface area contributed by atoms with Gasteiger partial charge in [-0.15, -0.1) is 12.4 Å². The number of hydrogen-bond acceptors (Lipinski definition) is 3. The minimum Gasteiger partial charge on any atom is -0.324 e. The normalized spacial score (nSPS) is 20.7. The van der Waals surface area contributed by atoms with E-state index in [1.807, 2.05) is 6.92 Å². The van der Waals surface area contributed by atoms with Gasteiger partial charge in [0, 0.05) is 12.6 Å². The molecule has 1 fully saturated rings. The summed E-state index contributed by atoms with van der Waals surface area (Å²) in [5.74, 6) is -1.05. The van der Waals surface area contributed by atoms with E-state index in [0.717, 1.165) is 25.8 Å². The van der Waals surface area contributed by atoms with E-state index in [2.05, 4.69) is 16.0 Å². The van der Waals surface area contributed by atoms with Crippen molar-refractivity contribution in [3.63, 3.8) is 0 Å². The third-order valence-electron chi connectivity index (χ3n) is 3.65. The number of piperidine rings is 1. The van der Waals surface area contributed by atoms with Crippen LogP contribution in [-0.4, -0.2) is 23.9 Å². The van der Waals surface area contributed by atoms with Gasteiger partial charge in [0.2, 0.25) is 11.8 Å². The Labute approximate surface area is 135 Å². The summed E-state index contributed by atoms with van der Waals surface area (Å²) in [7, 11) is 0. The summed E-state index contributed by atoms with van der Waals surface area (Å²) in [6.07, 6.45) is 2.82. The molecule has 1 aromatic rings. The van der Waals surface area contributed by atoms with Crippen LogP contribution in [0, 0.1) is 5.82 Å². The monoisotopic (exact) mass is 329 g/mol. The molecule has 2 amide bonds. The summed E-state index contributed by atoms with van der Waals surface area (Å²) in [5, 5.41) is 8.39. The molecular weight excluding hydrogens is 309 g/mol. The highest BCUT2D eigenvalue weighted by Gasteiger charge is 2.34. The topological polar surface area (TPSA) is 70.2 Å². The van der Waals surface area contributed by atoms with Gasteiger partial charge in [-0.1, -0.05) is 0 Å². The number of halogens is 2. The average molecular weight is 330 g/mol. The van der Waals surface area contributed by atoms with Crippen molar-refractivity contribution >= 4 is 35.6 Å². The zero-order chi connectivity index (χ0) is 15.5. The predicted molar refractivity (Wildman–Crippen MR) is 86.8 cm³/mol. The fraction of sp³-hybridized carbons (Fsp3) is 0.467. The van der Waals surface area contributed by atoms with E-state index in [4.69, 9.17) is 0 Å². The van der Waals surface area contributed by atoms with E-state index in [0.29, 0.717) is 5.69 Å². The van der Waals surface area contributed by atoms with Crippen molar-refractivity contribution in [1.82, 2.24) is 5.32 Å². The van der Waals surface area contributed by atoms with Gasteiger partial charge in [0.05, 0.1) is 11.2 Å². The first-order valence-electron chi connectivity index (χ1n) is 7.04. The van der Waals surface area contributed by atoms with Crippen LogP contribution in [-0.2, 0) is 9.59 Å². The zero-order valence-corrected chi connectivity index (χ0v) is 13.5. The molecular formula is C15H21ClFN3O2. The molecule has 1 saturated heterocycles. The summed E-state index contributed by atoms with van der Waals surface area (Å²) in [6, 6.07) is 4.11. The number of hydrogen-bond donors (Lipinski definition) is 3. The molecule has 3 N–H and O–H groups in total. The second-order valence-electron chi connectivity index (χ2n) is 5.55. The molecule has 0 saturated carbocycles. The molecule has 7 heteroatoms. The van der Waals surface area contributed by atoms with Gasteiger partial charge in [0.1, 0.15) is 5.82 Å². The predicted octanol–water partition coefficient (Wildman–Crippen LogP) is 2.68. The first-order chi connectivity index (χ1) is 9.90. The van der Waals surface area contributed by atoms with E-state index in [1.54, 1.807) is 0 Å². The Bertz CT molecular complexity index is 560. The molecule has 0 radical (unpaired) electrons. The van der Waals surface area contributed by atoms with Gasteiger partial charge < -0.3 is 16.0 Å². The second-order valence-corrected chi connectivity index (χ2v) is 5.55. The van der Waals surface area contributed by atoms with E-state index in [-0.39, 0.29) is 29.9 Å². The maximum Gasteiger partial charge on any atom is 0.244 e. The van der Waals surface area contributed by atoms with Crippen molar-refractivity contribution in [1.29, 1.82) is 0 Å². The average Bonchev–Trinajstić information content (AvgIpc) is 2.43. The molecule has 1 aliphatic heterocycles. The van der Waals surface area contributed by atoms with Crippen LogP contribution in [0.5, 0.6) is 0 Å². The first-order valence-corrected chi connectivity index (χ1v) is 7.04. The minimum absolute atomic E-state index is 0. The Morgan fingerprint density at radius 1 is 1.27 bits per heavy atom. The Morgan fingerprint density at radius 2 is 2.00 bits per heavy atom. The van der Waals surface area contributed by atoms with Crippen molar-refractivity contribution < 1.29 is 14.0 Å². The number of anilines is 2. The molecule has 1 aromatic carbocycles. The maximum atomic E-state index is 13.6. The molecule has 1 heterocycles. The molecule has 0 aliphatic carbocycles. The molecule has 122 valence electrons. The summed E-state index contributed by atoms with van der Waals surface area (Å²) in [6.45, 7) is 3.97. The van der Waals surface area contributed by atoms with Crippen LogP contribution in [0.2, 0.25) is 0 Å². The van der Waals surface area contributed by atoms with Crippen LogP contribution >= 0.6 is 12.4 Å². The van der Waals surface area contributed by atoms with Gasteiger partial charge in [-0.2, -0.15) is 0 Å². The lowest BCUT2D eigenvalue weighted by atomic mass is 9.90. The Kier molecular flexibility index (Phi) is 6.32. The Hall–Kier alpha value is -1.66. The van der Waals surface area contributed by atoms with Gasteiger partial charge in [0.25, 0.3) is 0 Å². The lowest BCUT2D eigenvalue weighted by Crippen LogP contribution is -2.54. The molecule has 1 atom stereocenters. The molecule has 0 aromatic heterocycles. The van der Waals surface area contributed by atoms with Gasteiger partial charge in [-0.25, -0.2) is 4.39 Å². The highest BCUT2D eigenvalue weighted by atomic mass is 35.5. The summed E-state index contributed by atoms with van der Waals surface area (Å²) in [4.78, 5) is 23.4. The number of carbonyl (C=O) groups is 2. The van der Waals surface area contributed by atoms with Gasteiger partial charge in [0.15, 0.2) is 0 Å². The molecule has 1 unspecified atom stereocenters. The van der Waals surface area contributed by atoms with E-state index in [9.17, 15) is 14.0 Å². The molecule has 2 rings (SSSR count). The molecule has 22 heavy (non-hydrogen) atoms. The maximum absolute atomic E-state index is 13.6. The highest BCUT2D eigenvalue weighted by molar-refractivity contribution is 5.98. The van der Waals surface area contributed by atoms with Crippen molar-refractivity contribution in [3.8, 4) is 0 Å². The first kappa shape index (κ1) is 18.4. The van der Waals surface area contributed by atoms with Crippen LogP contribution in [0.1, 0.15) is 33.1 Å². The third-order valence-corrected chi connectivity index (χ3v) is 3.65. The van der Waals surface area contributed by atoms with Gasteiger partial charge >= 0.3 is 0 Å². The Morgan fingerprint density at radius 3 is 2.59 bits per heavy atom. The second kappa shape index (κ2) is 7.56. The van der Waals surface area contributed by atoms with Crippen LogP contribution in [0.3, 0.4) is 0 Å². The zero-order valence-electron chi connectivity index (χ0n) is 12.7. The standard InChI is InChI=1S/C15H20FN3O2.ClH/c1-10(20)18-13-9-11(5-6-12(13)16)19-14(21)15(2)7-3-4-8-17-15;/h5-6,9,17H,3-4,7-8H2,1-2H3,(H,18,20)(H,19,21);1H. The summed E-state index contributed by atoms with van der Waals surface area (Å²) < 4.78 is 13.6. The highest BCUT2D eigenvalue weighted by Crippen LogP contribution is 2.23. The lowest BCUT2D eigenvalue weighted by molar-refractivity contribution is -0.122. The van der Waals surface area contributed by atoms with Crippen LogP contribution in [0.4, 0.5) is 15.8 Å². The van der Waals surface area contributed by atoms with Crippen molar-refractivity contribution in [2.75, 3.05) is 17.2 Å². The van der Waals surface area contributed by atoms with E-state index < -0.39 is 11.4 Å². The minimum atomic E-state index is -0.610. The lowest BCUT2D eigenvalue weighted by Gasteiger charge is -2.33. The molecule has 0 spiro atoms. The van der Waals surface area contributed by atoms with E-state index >= 15 is 0 Å². The quantitative estimate of drug-likeness (QED) is 0.798. The smallest absolute Gasteiger partial charge is 0.244 e. The SMILES string of the molecule is CC(=O)Nc1cc(NC(=O)C2(C)CCCCN2)ccc1F.Cl. The van der Waals surface area contributed by atoms with Crippen molar-refractivity contribution in [2.45, 2.75) is 38.6 Å². The molecule has 5 nitrogen and oxygen atoms in total. The van der Waals surface area contributed by atoms with Crippen LogP contribution < -0.4 is 16.0 Å². The Balaban J connectivity index is 0.00000242. The summed E-state index contributed by atoms with van der Waals surface area (Å²) in [5.41, 5.74) is -0.0957. The molecule has 1 aliphatic rings. The number of nitrogens with one attached hydrogen (secondary N) is 3. The molecule has 0 bridgehead atoms. The van der Waals surface area contributed by atoms with Crippen LogP contribution in [0.15, 0.2) is 18.2 Å². The van der Waals surface area contributed by atoms with Crippen molar-refractivity contribution in [3.05, 3.63) is 24.0 Å². The fourth-order valence-electron chi connectivity index (χ4n) is 2.41. The number of benzene rings is 1. The van der Waals surface area contributed by atoms with Gasteiger partial charge in [-0.3, -0.25) is 9.59 Å². The third kappa shape index (κ3) is 4.42. The number of amides is 2. The number of rotatable bonds is 3. The number of carbonyl (C=O) groups excluding carboxylic acids is 2. The summed E-state index contributed by atoms with van der Waals surface area (Å²) >= 11 is 0. The van der Waals surface area contributed by atoms with Crippen molar-refractivity contribution in [2.24, 2.45) is 0 Å². The van der Waals surface area contributed by atoms with Gasteiger partial charge in [-0.05, 0) is 50.9 Å². The van der Waals surface area contributed by atoms with Crippen LogP contribution in [0.25, 0.3) is 0 Å². The largest absolute Gasteiger partial charge is 0.324 e. The van der Waals surface area contributed by atoms with E-state index in [1.165, 1.54) is 25.1 Å².